The molecule has 0 unspecified atom stereocenters. The molecule has 2 aromatic rings. The smallest absolute Gasteiger partial charge is 0.283 e. The number of benzene rings is 2. The molecule has 0 aliphatic carbocycles. The molecular weight excluding hydrogens is 242 g/mol. The highest BCUT2D eigenvalue weighted by Crippen LogP contribution is 2.28. The van der Waals surface area contributed by atoms with Gasteiger partial charge in [0.2, 0.25) is 0 Å². The number of aryl methyl sites for hydroxylation is 1. The van der Waals surface area contributed by atoms with Crippen molar-refractivity contribution < 1.29 is 9.72 Å². The van der Waals surface area contributed by atoms with Gasteiger partial charge in [0.1, 0.15) is 5.56 Å². The van der Waals surface area contributed by atoms with Gasteiger partial charge in [-0.05, 0) is 25.5 Å². The number of carbonyl (C=O) groups excluding carboxylic acids is 1. The molecule has 0 fully saturated rings. The number of nitro benzene ring substituents is 1. The average Bonchev–Trinajstić information content (AvgIpc) is 2.41. The van der Waals surface area contributed by atoms with Crippen molar-refractivity contribution in [3.63, 3.8) is 0 Å². The van der Waals surface area contributed by atoms with E-state index in [1.54, 1.807) is 50.2 Å². The Kier molecular flexibility index (Phi) is 3.42. The van der Waals surface area contributed by atoms with Crippen LogP contribution in [-0.4, -0.2) is 10.7 Å². The molecule has 0 atom stereocenters. The summed E-state index contributed by atoms with van der Waals surface area (Å²) in [7, 11) is 0. The lowest BCUT2D eigenvalue weighted by Crippen LogP contribution is -2.07. The van der Waals surface area contributed by atoms with Crippen molar-refractivity contribution in [3.8, 4) is 0 Å². The molecule has 0 spiro atoms. The first-order valence-electron chi connectivity index (χ1n) is 5.86. The molecule has 0 saturated heterocycles. The summed E-state index contributed by atoms with van der Waals surface area (Å²) in [5, 5.41) is 11.2. The molecule has 0 aliphatic rings. The van der Waals surface area contributed by atoms with Gasteiger partial charge in [-0.25, -0.2) is 0 Å². The molecule has 4 heteroatoms. The van der Waals surface area contributed by atoms with E-state index in [-0.39, 0.29) is 17.0 Å². The average molecular weight is 255 g/mol. The van der Waals surface area contributed by atoms with E-state index in [1.165, 1.54) is 6.07 Å². The molecule has 0 saturated carbocycles. The summed E-state index contributed by atoms with van der Waals surface area (Å²) >= 11 is 0. The normalized spacial score (nSPS) is 10.2. The van der Waals surface area contributed by atoms with Crippen molar-refractivity contribution in [2.45, 2.75) is 13.8 Å². The quantitative estimate of drug-likeness (QED) is 0.479. The van der Waals surface area contributed by atoms with E-state index >= 15 is 0 Å². The maximum Gasteiger partial charge on any atom is 0.283 e. The first-order valence-corrected chi connectivity index (χ1v) is 5.86. The molecule has 0 amide bonds. The Morgan fingerprint density at radius 2 is 1.68 bits per heavy atom. The number of hydrogen-bond acceptors (Lipinski definition) is 3. The maximum atomic E-state index is 12.3. The van der Waals surface area contributed by atoms with E-state index in [4.69, 9.17) is 0 Å². The summed E-state index contributed by atoms with van der Waals surface area (Å²) in [5.41, 5.74) is 1.82. The van der Waals surface area contributed by atoms with Gasteiger partial charge in [0.25, 0.3) is 5.69 Å². The van der Waals surface area contributed by atoms with Crippen LogP contribution in [0.25, 0.3) is 0 Å². The lowest BCUT2D eigenvalue weighted by molar-refractivity contribution is -0.385. The van der Waals surface area contributed by atoms with Gasteiger partial charge in [-0.2, -0.15) is 0 Å². The Bertz CT molecular complexity index is 648. The van der Waals surface area contributed by atoms with E-state index in [2.05, 4.69) is 0 Å². The number of rotatable bonds is 3. The zero-order chi connectivity index (χ0) is 14.0. The zero-order valence-corrected chi connectivity index (χ0v) is 10.7. The molecule has 0 aliphatic heterocycles. The summed E-state index contributed by atoms with van der Waals surface area (Å²) < 4.78 is 0. The van der Waals surface area contributed by atoms with Crippen molar-refractivity contribution in [1.29, 1.82) is 0 Å². The molecule has 0 radical (unpaired) electrons. The van der Waals surface area contributed by atoms with Gasteiger partial charge < -0.3 is 0 Å². The molecule has 0 heterocycles. The Hall–Kier alpha value is -2.49. The van der Waals surface area contributed by atoms with Crippen LogP contribution in [0.1, 0.15) is 27.0 Å². The third kappa shape index (κ3) is 2.38. The second-order valence-electron chi connectivity index (χ2n) is 4.36. The highest BCUT2D eigenvalue weighted by molar-refractivity contribution is 6.11. The molecule has 4 nitrogen and oxygen atoms in total. The Morgan fingerprint density at radius 1 is 1.05 bits per heavy atom. The van der Waals surface area contributed by atoms with Gasteiger partial charge in [0.15, 0.2) is 5.78 Å². The fourth-order valence-corrected chi connectivity index (χ4v) is 1.96. The maximum absolute atomic E-state index is 12.3. The lowest BCUT2D eigenvalue weighted by Gasteiger charge is -2.07. The summed E-state index contributed by atoms with van der Waals surface area (Å²) in [6.07, 6.45) is 0. The number of nitrogens with zero attached hydrogens (tertiary/aromatic N) is 1. The van der Waals surface area contributed by atoms with Gasteiger partial charge in [0.05, 0.1) is 4.92 Å². The van der Waals surface area contributed by atoms with E-state index in [0.29, 0.717) is 11.1 Å². The molecule has 2 rings (SSSR count). The molecule has 2 aromatic carbocycles. The van der Waals surface area contributed by atoms with E-state index in [0.717, 1.165) is 5.56 Å². The van der Waals surface area contributed by atoms with E-state index in [9.17, 15) is 14.9 Å². The van der Waals surface area contributed by atoms with Gasteiger partial charge in [-0.15, -0.1) is 0 Å². The van der Waals surface area contributed by atoms with Gasteiger partial charge in [-0.3, -0.25) is 14.9 Å². The highest BCUT2D eigenvalue weighted by Gasteiger charge is 2.24. The van der Waals surface area contributed by atoms with Crippen LogP contribution in [0, 0.1) is 24.0 Å². The standard InChI is InChI=1S/C15H13NO3/c1-10-8-9-13(14(11(10)2)16(18)19)15(17)12-6-4-3-5-7-12/h3-9H,1-2H3. The van der Waals surface area contributed by atoms with Crippen LogP contribution in [0.15, 0.2) is 42.5 Å². The minimum absolute atomic E-state index is 0.103. The van der Waals surface area contributed by atoms with E-state index < -0.39 is 4.92 Å². The third-order valence-corrected chi connectivity index (χ3v) is 3.17. The Labute approximate surface area is 110 Å². The summed E-state index contributed by atoms with van der Waals surface area (Å²) in [5.74, 6) is -0.324. The number of carbonyl (C=O) groups is 1. The van der Waals surface area contributed by atoms with Gasteiger partial charge >= 0.3 is 0 Å². The first kappa shape index (κ1) is 13.0. The summed E-state index contributed by atoms with van der Waals surface area (Å²) in [4.78, 5) is 23.0. The molecule has 0 N–H and O–H groups in total. The van der Waals surface area contributed by atoms with Crippen molar-refractivity contribution in [3.05, 3.63) is 74.8 Å². The minimum atomic E-state index is -0.488. The second-order valence-corrected chi connectivity index (χ2v) is 4.36. The van der Waals surface area contributed by atoms with E-state index in [1.807, 2.05) is 0 Å². The predicted molar refractivity (Wildman–Crippen MR) is 72.4 cm³/mol. The second kappa shape index (κ2) is 5.02. The first-order chi connectivity index (χ1) is 9.02. The fraction of sp³-hybridized carbons (Fsp3) is 0.133. The Balaban J connectivity index is 2.61. The van der Waals surface area contributed by atoms with Crippen LogP contribution < -0.4 is 0 Å². The molecule has 0 bridgehead atoms. The largest absolute Gasteiger partial charge is 0.288 e. The zero-order valence-electron chi connectivity index (χ0n) is 10.7. The van der Waals surface area contributed by atoms with Crippen LogP contribution in [-0.2, 0) is 0 Å². The monoisotopic (exact) mass is 255 g/mol. The highest BCUT2D eigenvalue weighted by atomic mass is 16.6. The lowest BCUT2D eigenvalue weighted by atomic mass is 9.97. The van der Waals surface area contributed by atoms with Gasteiger partial charge in [-0.1, -0.05) is 36.4 Å². The minimum Gasteiger partial charge on any atom is -0.288 e. The van der Waals surface area contributed by atoms with Crippen LogP contribution in [0.3, 0.4) is 0 Å². The van der Waals surface area contributed by atoms with Crippen molar-refractivity contribution in [1.82, 2.24) is 0 Å². The van der Waals surface area contributed by atoms with Crippen LogP contribution in [0.5, 0.6) is 0 Å². The van der Waals surface area contributed by atoms with Gasteiger partial charge in [0, 0.05) is 11.1 Å². The predicted octanol–water partition coefficient (Wildman–Crippen LogP) is 3.44. The van der Waals surface area contributed by atoms with Crippen LogP contribution in [0.2, 0.25) is 0 Å². The molecule has 96 valence electrons. The van der Waals surface area contributed by atoms with Crippen molar-refractivity contribution in [2.24, 2.45) is 0 Å². The summed E-state index contributed by atoms with van der Waals surface area (Å²) in [6, 6.07) is 11.8. The number of nitro groups is 1. The number of hydrogen-bond donors (Lipinski definition) is 0. The Morgan fingerprint density at radius 3 is 2.26 bits per heavy atom. The summed E-state index contributed by atoms with van der Waals surface area (Å²) in [6.45, 7) is 3.45. The van der Waals surface area contributed by atoms with Crippen molar-refractivity contribution >= 4 is 11.5 Å². The third-order valence-electron chi connectivity index (χ3n) is 3.17. The topological polar surface area (TPSA) is 60.2 Å². The fourth-order valence-electron chi connectivity index (χ4n) is 1.96. The molecular formula is C15H13NO3. The molecule has 19 heavy (non-hydrogen) atoms. The molecule has 0 aromatic heterocycles. The number of ketones is 1. The SMILES string of the molecule is Cc1ccc(C(=O)c2ccccc2)c([N+](=O)[O-])c1C. The van der Waals surface area contributed by atoms with Crippen LogP contribution in [0.4, 0.5) is 5.69 Å². The van der Waals surface area contributed by atoms with Crippen LogP contribution >= 0.6 is 0 Å². The van der Waals surface area contributed by atoms with Crippen molar-refractivity contribution in [2.75, 3.05) is 0 Å².